The van der Waals surface area contributed by atoms with Crippen LogP contribution in [0.15, 0.2) is 28.4 Å². The molecule has 130 valence electrons. The van der Waals surface area contributed by atoms with Crippen molar-refractivity contribution in [3.8, 4) is 0 Å². The number of aryl methyl sites for hydroxylation is 2. The first kappa shape index (κ1) is 17.4. The molecule has 0 radical (unpaired) electrons. The minimum Gasteiger partial charge on any atom is -0.324 e. The quantitative estimate of drug-likeness (QED) is 0.732. The molecule has 1 aromatic carbocycles. The molecule has 3 N–H and O–H groups in total. The Labute approximate surface area is 151 Å². The number of benzene rings is 1. The molecule has 1 saturated heterocycles. The molecular weight excluding hydrogens is 370 g/mol. The number of hydrogen-bond donors (Lipinski definition) is 3. The largest absolute Gasteiger partial charge is 0.324 e. The van der Waals surface area contributed by atoms with Crippen LogP contribution in [0.4, 0.5) is 5.69 Å². The fraction of sp³-hybridized carbons (Fsp3) is 0.471. The Hall–Kier alpha value is -1.41. The molecule has 0 bridgehead atoms. The number of carbonyl (C=O) groups excluding carboxylic acids is 1. The van der Waals surface area contributed by atoms with Crippen molar-refractivity contribution in [3.05, 3.63) is 39.5 Å². The molecule has 0 saturated carbocycles. The summed E-state index contributed by atoms with van der Waals surface area (Å²) in [7, 11) is 1.99. The molecule has 24 heavy (non-hydrogen) atoms. The van der Waals surface area contributed by atoms with Crippen LogP contribution in [0.3, 0.4) is 0 Å². The lowest BCUT2D eigenvalue weighted by molar-refractivity contribution is -0.122. The Morgan fingerprint density at radius 3 is 2.46 bits per heavy atom. The van der Waals surface area contributed by atoms with Crippen LogP contribution < -0.4 is 21.1 Å². The number of amides is 1. The molecule has 2 atom stereocenters. The van der Waals surface area contributed by atoms with E-state index in [4.69, 9.17) is 0 Å². The van der Waals surface area contributed by atoms with Crippen molar-refractivity contribution in [3.63, 3.8) is 0 Å². The van der Waals surface area contributed by atoms with Gasteiger partial charge in [-0.1, -0.05) is 15.9 Å². The van der Waals surface area contributed by atoms with Crippen molar-refractivity contribution in [1.82, 2.24) is 21.0 Å². The van der Waals surface area contributed by atoms with Gasteiger partial charge in [-0.15, -0.1) is 0 Å². The number of halogens is 1. The van der Waals surface area contributed by atoms with E-state index in [1.807, 2.05) is 18.3 Å². The lowest BCUT2D eigenvalue weighted by atomic mass is 10.1. The molecule has 2 unspecified atom stereocenters. The van der Waals surface area contributed by atoms with Crippen LogP contribution >= 0.6 is 15.9 Å². The van der Waals surface area contributed by atoms with Gasteiger partial charge in [0.2, 0.25) is 0 Å². The summed E-state index contributed by atoms with van der Waals surface area (Å²) in [6.07, 6.45) is 1.48. The van der Waals surface area contributed by atoms with Crippen LogP contribution in [0.1, 0.15) is 25.0 Å². The van der Waals surface area contributed by atoms with E-state index in [0.717, 1.165) is 21.3 Å². The van der Waals surface area contributed by atoms with E-state index < -0.39 is 0 Å². The van der Waals surface area contributed by atoms with E-state index in [-0.39, 0.29) is 18.4 Å². The fourth-order valence-corrected chi connectivity index (χ4v) is 3.80. The van der Waals surface area contributed by atoms with Crippen molar-refractivity contribution in [2.24, 2.45) is 0 Å². The zero-order valence-electron chi connectivity index (χ0n) is 14.6. The number of anilines is 1. The van der Waals surface area contributed by atoms with Gasteiger partial charge in [0.15, 0.2) is 0 Å². The Morgan fingerprint density at radius 2 is 1.88 bits per heavy atom. The maximum atomic E-state index is 12.5. The van der Waals surface area contributed by atoms with E-state index in [0.29, 0.717) is 11.6 Å². The van der Waals surface area contributed by atoms with Crippen molar-refractivity contribution in [1.29, 1.82) is 0 Å². The first-order chi connectivity index (χ1) is 11.3. The predicted molar refractivity (Wildman–Crippen MR) is 99.1 cm³/mol. The number of fused-ring (bicyclic) bond motifs is 1. The van der Waals surface area contributed by atoms with E-state index in [1.165, 1.54) is 0 Å². The highest BCUT2D eigenvalue weighted by atomic mass is 79.9. The summed E-state index contributed by atoms with van der Waals surface area (Å²) in [5.41, 5.74) is 7.44. The van der Waals surface area contributed by atoms with Gasteiger partial charge >= 0.3 is 0 Å². The third kappa shape index (κ3) is 3.09. The van der Waals surface area contributed by atoms with Gasteiger partial charge in [0.25, 0.3) is 5.91 Å². The average Bonchev–Trinajstić information content (AvgIpc) is 2.89. The van der Waals surface area contributed by atoms with Crippen LogP contribution in [0.25, 0.3) is 0 Å². The minimum absolute atomic E-state index is 0.0429. The normalized spacial score (nSPS) is 23.6. The molecule has 2 aliphatic rings. The summed E-state index contributed by atoms with van der Waals surface area (Å²) in [5, 5.41) is 8.40. The molecule has 2 aliphatic heterocycles. The van der Waals surface area contributed by atoms with Gasteiger partial charge in [-0.2, -0.15) is 0 Å². The maximum absolute atomic E-state index is 12.5. The smallest absolute Gasteiger partial charge is 0.254 e. The second kappa shape index (κ2) is 6.48. The summed E-state index contributed by atoms with van der Waals surface area (Å²) in [6, 6.07) is 4.47. The lowest BCUT2D eigenvalue weighted by Gasteiger charge is -2.38. The van der Waals surface area contributed by atoms with Crippen molar-refractivity contribution in [2.75, 3.05) is 12.1 Å². The Balaban J connectivity index is 1.86. The second-order valence-electron chi connectivity index (χ2n) is 6.71. The predicted octanol–water partition coefficient (Wildman–Crippen LogP) is 1.94. The fourth-order valence-electron chi connectivity index (χ4n) is 3.11. The number of nitrogens with one attached hydrogen (secondary N) is 3. The van der Waals surface area contributed by atoms with E-state index >= 15 is 0 Å². The molecule has 3 rings (SSSR count). The molecule has 7 heteroatoms. The summed E-state index contributed by atoms with van der Waals surface area (Å²) in [5.74, 6) is -0.0429. The van der Waals surface area contributed by atoms with Crippen molar-refractivity contribution >= 4 is 27.5 Å². The van der Waals surface area contributed by atoms with Crippen molar-refractivity contribution in [2.45, 2.75) is 46.2 Å². The Kier molecular flexibility index (Phi) is 4.70. The minimum atomic E-state index is -0.201. The number of nitrogens with zero attached hydrogens (tertiary/aromatic N) is 2. The van der Waals surface area contributed by atoms with Crippen LogP contribution in [-0.2, 0) is 4.79 Å². The zero-order valence-corrected chi connectivity index (χ0v) is 16.2. The third-order valence-corrected chi connectivity index (χ3v) is 5.08. The molecular formula is C17H24BrN5O. The van der Waals surface area contributed by atoms with Gasteiger partial charge in [-0.05, 0) is 58.0 Å². The average molecular weight is 394 g/mol. The molecule has 1 aromatic rings. The van der Waals surface area contributed by atoms with Crippen LogP contribution in [-0.4, -0.2) is 36.4 Å². The monoisotopic (exact) mass is 393 g/mol. The maximum Gasteiger partial charge on any atom is 0.254 e. The third-order valence-electron chi connectivity index (χ3n) is 4.62. The second-order valence-corrected chi connectivity index (χ2v) is 7.62. The molecule has 0 aromatic heterocycles. The van der Waals surface area contributed by atoms with Crippen LogP contribution in [0.2, 0.25) is 0 Å². The van der Waals surface area contributed by atoms with E-state index in [2.05, 4.69) is 76.7 Å². The SMILES string of the molecule is Cc1cc(Br)cc(C)c1N1C=C2C(=O)NC(N(C)C(C)C)NC2N1. The van der Waals surface area contributed by atoms with E-state index in [9.17, 15) is 4.79 Å². The number of hydrazine groups is 1. The number of rotatable bonds is 3. The first-order valence-electron chi connectivity index (χ1n) is 8.10. The van der Waals surface area contributed by atoms with Crippen LogP contribution in [0.5, 0.6) is 0 Å². The highest BCUT2D eigenvalue weighted by molar-refractivity contribution is 9.10. The molecule has 0 spiro atoms. The first-order valence-corrected chi connectivity index (χ1v) is 8.90. The standard InChI is InChI=1S/C17H24BrN5O/c1-9(2)22(5)17-19-15-13(16(24)20-17)8-23(21-15)14-10(3)6-12(18)7-11(14)4/h6-9,15,17,19,21H,1-5H3,(H,20,24). The van der Waals surface area contributed by atoms with Gasteiger partial charge < -0.3 is 5.32 Å². The van der Waals surface area contributed by atoms with Gasteiger partial charge in [0, 0.05) is 16.7 Å². The molecule has 2 heterocycles. The lowest BCUT2D eigenvalue weighted by Crippen LogP contribution is -2.67. The molecule has 6 nitrogen and oxygen atoms in total. The topological polar surface area (TPSA) is 59.6 Å². The van der Waals surface area contributed by atoms with Gasteiger partial charge in [0.05, 0.1) is 11.3 Å². The number of carbonyl (C=O) groups is 1. The highest BCUT2D eigenvalue weighted by Crippen LogP contribution is 2.31. The highest BCUT2D eigenvalue weighted by Gasteiger charge is 2.38. The Bertz CT molecular complexity index is 679. The summed E-state index contributed by atoms with van der Waals surface area (Å²) in [4.78, 5) is 14.6. The van der Waals surface area contributed by atoms with Crippen molar-refractivity contribution < 1.29 is 4.79 Å². The molecule has 1 fully saturated rings. The van der Waals surface area contributed by atoms with Gasteiger partial charge in [-0.3, -0.25) is 20.0 Å². The summed E-state index contributed by atoms with van der Waals surface area (Å²) >= 11 is 3.53. The van der Waals surface area contributed by atoms with E-state index in [1.54, 1.807) is 0 Å². The van der Waals surface area contributed by atoms with Gasteiger partial charge in [-0.25, -0.2) is 5.43 Å². The molecule has 0 aliphatic carbocycles. The zero-order chi connectivity index (χ0) is 17.6. The van der Waals surface area contributed by atoms with Gasteiger partial charge in [0.1, 0.15) is 12.5 Å². The van der Waals surface area contributed by atoms with Crippen LogP contribution in [0, 0.1) is 13.8 Å². The Morgan fingerprint density at radius 1 is 1.25 bits per heavy atom. The summed E-state index contributed by atoms with van der Waals surface area (Å²) in [6.45, 7) is 8.33. The number of hydrogen-bond acceptors (Lipinski definition) is 5. The molecule has 1 amide bonds. The summed E-state index contributed by atoms with van der Waals surface area (Å²) < 4.78 is 1.06.